The molecule has 4 N–H and O–H groups in total. The number of aliphatic hydroxyl groups excluding tert-OH is 1. The number of aromatic nitrogens is 3. The molecule has 2 bridgehead atoms. The minimum atomic E-state index is -3.85. The first kappa shape index (κ1) is 64.9. The standard InChI is InChI=1S/C60H87N5O15S/c1-36-16-12-11-13-17-37(2)51(75-8)32-46-21-19-42(7)60(72,80-46)57(69)58(70)64-27-15-14-18-49(64)59(71)79-52(33-50(66)38(3)29-41(6)55(68)56(77-10)54(67)40(5)28-36)39(4)30-43-20-26-48(53(31-43)76-9)65-34-44(62-63-65)35-78-45-22-24-47(25-23-45)81(61,73)74/h11-13,16-17,22-25,29,34,36,38-40,42-43,46,48-49,51-53,55-56,68,72H,14-15,18-21,26-28,30-33,35H2,1-10H3,(H2,61,73,74)/b13-11?,16-12+,37-17?,41-29+/t36-,38-,39-,40-,42-,43+,46+,48+,49+,51+,52+,53-,55-,56+,60-/m1/s1. The van der Waals surface area contributed by atoms with Crippen molar-refractivity contribution in [2.75, 3.05) is 27.9 Å². The van der Waals surface area contributed by atoms with Crippen LogP contribution in [0.5, 0.6) is 5.75 Å². The van der Waals surface area contributed by atoms with Gasteiger partial charge in [0.05, 0.1) is 35.4 Å². The SMILES string of the molecule is CO[C@H]1C[C@@H]2CC[C@@H](C)[C@@](O)(O2)C(=O)C(=O)N2CCCC[C@H]2C(=O)O[C@H]([C@H](C)C[C@@H]2CC[C@H](n3cc(COc4ccc(S(N)(=O)=O)cc4)nn3)[C@H](OC)C2)CC(=O)[C@H](C)/C=C(\C)[C@@H](O)[C@@H](OC)C(=O)[C@H](C)C[C@H](C)/C=C/C=CC=C1C. The van der Waals surface area contributed by atoms with Gasteiger partial charge in [-0.05, 0) is 131 Å². The van der Waals surface area contributed by atoms with E-state index in [1.54, 1.807) is 58.9 Å². The number of piperidine rings is 1. The van der Waals surface area contributed by atoms with Gasteiger partial charge < -0.3 is 43.5 Å². The molecule has 2 aromatic rings. The maximum atomic E-state index is 14.7. The molecule has 0 radical (unpaired) electrons. The Kier molecular flexibility index (Phi) is 23.5. The number of carbonyl (C=O) groups excluding carboxylic acids is 5. The molecule has 1 aromatic heterocycles. The summed E-state index contributed by atoms with van der Waals surface area (Å²) in [4.78, 5) is 72.9. The lowest BCUT2D eigenvalue weighted by atomic mass is 9.77. The Bertz CT molecular complexity index is 2720. The number of ether oxygens (including phenoxy) is 6. The second-order valence-corrected chi connectivity index (χ2v) is 24.6. The molecule has 3 aliphatic heterocycles. The van der Waals surface area contributed by atoms with E-state index in [0.29, 0.717) is 74.8 Å². The number of aliphatic hydroxyl groups is 2. The van der Waals surface area contributed by atoms with Crippen LogP contribution in [0.25, 0.3) is 0 Å². The van der Waals surface area contributed by atoms with Crippen LogP contribution >= 0.6 is 0 Å². The largest absolute Gasteiger partial charge is 0.487 e. The Morgan fingerprint density at radius 3 is 2.28 bits per heavy atom. The zero-order chi connectivity index (χ0) is 59.3. The van der Waals surface area contributed by atoms with Crippen molar-refractivity contribution in [1.82, 2.24) is 19.9 Å². The van der Waals surface area contributed by atoms with Gasteiger partial charge in [0.25, 0.3) is 11.7 Å². The molecule has 3 fully saturated rings. The van der Waals surface area contributed by atoms with Crippen molar-refractivity contribution in [3.05, 3.63) is 83.8 Å². The molecular formula is C60H87N5O15S. The summed E-state index contributed by atoms with van der Waals surface area (Å²) in [7, 11) is 0.718. The first-order valence-corrected chi connectivity index (χ1v) is 30.1. The van der Waals surface area contributed by atoms with Crippen LogP contribution in [0.1, 0.15) is 137 Å². The summed E-state index contributed by atoms with van der Waals surface area (Å²) in [6.07, 6.45) is 13.2. The quantitative estimate of drug-likeness (QED) is 0.117. The van der Waals surface area contributed by atoms with Crippen molar-refractivity contribution in [1.29, 1.82) is 0 Å². The molecule has 4 aliphatic rings. The number of nitrogens with two attached hydrogens (primary N) is 1. The molecule has 21 heteroatoms. The molecule has 1 amide bonds. The lowest BCUT2D eigenvalue weighted by molar-refractivity contribution is -0.265. The van der Waals surface area contributed by atoms with Gasteiger partial charge in [-0.25, -0.2) is 23.0 Å². The Morgan fingerprint density at radius 1 is 0.877 bits per heavy atom. The molecule has 448 valence electrons. The number of hydrogen-bond donors (Lipinski definition) is 3. The van der Waals surface area contributed by atoms with Crippen LogP contribution in [0.15, 0.2) is 83.0 Å². The van der Waals surface area contributed by atoms with Crippen LogP contribution in [-0.2, 0) is 64.3 Å². The summed E-state index contributed by atoms with van der Waals surface area (Å²) >= 11 is 0. The summed E-state index contributed by atoms with van der Waals surface area (Å²) < 4.78 is 61.1. The smallest absolute Gasteiger partial charge is 0.329 e. The minimum absolute atomic E-state index is 0.00567. The Hall–Kier alpha value is -5.26. The molecule has 4 heterocycles. The fourth-order valence-electron chi connectivity index (χ4n) is 11.8. The normalized spacial score (nSPS) is 33.9. The van der Waals surface area contributed by atoms with Gasteiger partial charge in [0.2, 0.25) is 15.8 Å². The van der Waals surface area contributed by atoms with Crippen molar-refractivity contribution in [2.45, 2.75) is 192 Å². The fourth-order valence-corrected chi connectivity index (χ4v) is 12.4. The number of benzene rings is 1. The van der Waals surface area contributed by atoms with Crippen LogP contribution < -0.4 is 9.88 Å². The third-order valence-electron chi connectivity index (χ3n) is 16.9. The van der Waals surface area contributed by atoms with Crippen molar-refractivity contribution >= 4 is 39.2 Å². The Labute approximate surface area is 477 Å². The predicted molar refractivity (Wildman–Crippen MR) is 300 cm³/mol. The molecule has 15 atom stereocenters. The van der Waals surface area contributed by atoms with Crippen LogP contribution in [-0.4, -0.2) is 144 Å². The van der Waals surface area contributed by atoms with E-state index in [-0.39, 0.29) is 66.4 Å². The highest BCUT2D eigenvalue weighted by Gasteiger charge is 2.53. The molecular weight excluding hydrogens is 1060 g/mol. The zero-order valence-electron chi connectivity index (χ0n) is 48.8. The highest BCUT2D eigenvalue weighted by Crippen LogP contribution is 2.40. The number of amides is 1. The lowest BCUT2D eigenvalue weighted by Gasteiger charge is -2.42. The van der Waals surface area contributed by atoms with Gasteiger partial charge in [0.15, 0.2) is 5.78 Å². The van der Waals surface area contributed by atoms with Crippen LogP contribution in [0.3, 0.4) is 0 Å². The lowest BCUT2D eigenvalue weighted by Crippen LogP contribution is -2.61. The van der Waals surface area contributed by atoms with Gasteiger partial charge in [-0.3, -0.25) is 19.2 Å². The molecule has 20 nitrogen and oxygen atoms in total. The van der Waals surface area contributed by atoms with Gasteiger partial charge in [-0.15, -0.1) is 5.10 Å². The van der Waals surface area contributed by atoms with Gasteiger partial charge >= 0.3 is 5.97 Å². The topological polar surface area (TPSA) is 275 Å². The van der Waals surface area contributed by atoms with E-state index in [4.69, 9.17) is 33.6 Å². The van der Waals surface area contributed by atoms with Gasteiger partial charge in [-0.1, -0.05) is 76.3 Å². The number of cyclic esters (lactones) is 1. The van der Waals surface area contributed by atoms with E-state index in [2.05, 4.69) is 10.3 Å². The number of ketones is 3. The monoisotopic (exact) mass is 1150 g/mol. The second kappa shape index (κ2) is 29.3. The number of rotatable bonds is 11. The van der Waals surface area contributed by atoms with Crippen molar-refractivity contribution in [3.8, 4) is 5.75 Å². The van der Waals surface area contributed by atoms with E-state index in [1.807, 2.05) is 51.2 Å². The van der Waals surface area contributed by atoms with E-state index in [0.717, 1.165) is 12.0 Å². The summed E-state index contributed by atoms with van der Waals surface area (Å²) in [5, 5.41) is 37.6. The number of carbonyl (C=O) groups is 5. The number of methoxy groups -OCH3 is 3. The first-order valence-electron chi connectivity index (χ1n) is 28.5. The van der Waals surface area contributed by atoms with E-state index in [9.17, 15) is 42.6 Å². The zero-order valence-corrected chi connectivity index (χ0v) is 49.6. The molecule has 81 heavy (non-hydrogen) atoms. The Balaban J connectivity index is 1.24. The second-order valence-electron chi connectivity index (χ2n) is 23.1. The van der Waals surface area contributed by atoms with E-state index >= 15 is 0 Å². The average Bonchev–Trinajstić information content (AvgIpc) is 4.00. The molecule has 2 saturated heterocycles. The van der Waals surface area contributed by atoms with Crippen LogP contribution in [0.2, 0.25) is 0 Å². The van der Waals surface area contributed by atoms with Gasteiger partial charge in [0, 0.05) is 58.5 Å². The number of primary sulfonamides is 1. The average molecular weight is 1150 g/mol. The highest BCUT2D eigenvalue weighted by atomic mass is 32.2. The van der Waals surface area contributed by atoms with Crippen LogP contribution in [0.4, 0.5) is 0 Å². The first-order chi connectivity index (χ1) is 38.4. The van der Waals surface area contributed by atoms with Crippen molar-refractivity contribution in [2.24, 2.45) is 40.6 Å². The van der Waals surface area contributed by atoms with Crippen molar-refractivity contribution < 1.29 is 71.0 Å². The summed E-state index contributed by atoms with van der Waals surface area (Å²) in [6.45, 7) is 12.7. The predicted octanol–water partition coefficient (Wildman–Crippen LogP) is 6.88. The van der Waals surface area contributed by atoms with Crippen molar-refractivity contribution in [3.63, 3.8) is 0 Å². The summed E-state index contributed by atoms with van der Waals surface area (Å²) in [5.41, 5.74) is 1.77. The molecule has 1 saturated carbocycles. The van der Waals surface area contributed by atoms with E-state index < -0.39 is 93.7 Å². The van der Waals surface area contributed by atoms with E-state index in [1.165, 1.54) is 36.3 Å². The third-order valence-corrected chi connectivity index (χ3v) is 17.8. The molecule has 6 rings (SSSR count). The summed E-state index contributed by atoms with van der Waals surface area (Å²) in [5.74, 6) is -7.95. The number of nitrogens with zero attached hydrogens (tertiary/aromatic N) is 4. The third kappa shape index (κ3) is 17.0. The van der Waals surface area contributed by atoms with Gasteiger partial charge in [-0.2, -0.15) is 0 Å². The number of allylic oxidation sites excluding steroid dienone is 6. The van der Waals surface area contributed by atoms with Crippen LogP contribution in [0, 0.1) is 35.5 Å². The number of sulfonamides is 1. The molecule has 0 unspecified atom stereocenters. The molecule has 1 aromatic carbocycles. The highest BCUT2D eigenvalue weighted by molar-refractivity contribution is 7.89. The number of fused-ring (bicyclic) bond motifs is 3. The number of Topliss-reactive ketones (excluding diaryl/α,β-unsaturated/α-hetero) is 3. The summed E-state index contributed by atoms with van der Waals surface area (Å²) in [6, 6.07) is 4.37. The Morgan fingerprint density at radius 2 is 1.60 bits per heavy atom. The maximum absolute atomic E-state index is 14.7. The number of hydrogen-bond acceptors (Lipinski definition) is 17. The van der Waals surface area contributed by atoms with Gasteiger partial charge in [0.1, 0.15) is 48.2 Å². The number of esters is 1. The maximum Gasteiger partial charge on any atom is 0.329 e. The molecule has 1 aliphatic carbocycles. The fraction of sp³-hybridized carbons (Fsp3) is 0.650. The molecule has 0 spiro atoms. The minimum Gasteiger partial charge on any atom is -0.487 e.